The van der Waals surface area contributed by atoms with Crippen LogP contribution in [0.2, 0.25) is 0 Å². The van der Waals surface area contributed by atoms with Crippen molar-refractivity contribution < 1.29 is 14.7 Å². The number of hydrogen-bond acceptors (Lipinski definition) is 6. The SMILES string of the molecule is O=C(O)Cn1cccc1C(=O)Nc1nnns1. The van der Waals surface area contributed by atoms with Crippen molar-refractivity contribution >= 4 is 28.5 Å². The Balaban J connectivity index is 2.14. The molecule has 0 aliphatic rings. The van der Waals surface area contributed by atoms with Crippen molar-refractivity contribution in [2.45, 2.75) is 6.54 Å². The van der Waals surface area contributed by atoms with Crippen molar-refractivity contribution in [3.05, 3.63) is 24.0 Å². The van der Waals surface area contributed by atoms with E-state index in [9.17, 15) is 9.59 Å². The van der Waals surface area contributed by atoms with Gasteiger partial charge in [-0.25, -0.2) is 0 Å². The lowest BCUT2D eigenvalue weighted by molar-refractivity contribution is -0.137. The standard InChI is InChI=1S/C8H7N5O3S/c14-6(15)4-13-3-1-2-5(13)7(16)9-8-10-11-12-17-8/h1-3H,4H2,(H,14,15)(H,9,10,12,16). The van der Waals surface area contributed by atoms with Crippen molar-refractivity contribution in [1.29, 1.82) is 0 Å². The highest BCUT2D eigenvalue weighted by molar-refractivity contribution is 7.09. The number of aliphatic carboxylic acids is 1. The lowest BCUT2D eigenvalue weighted by Gasteiger charge is -2.05. The van der Waals surface area contributed by atoms with Gasteiger partial charge in [0, 0.05) is 17.7 Å². The van der Waals surface area contributed by atoms with Gasteiger partial charge in [0.2, 0.25) is 5.13 Å². The number of nitrogens with zero attached hydrogens (tertiary/aromatic N) is 4. The molecule has 0 bridgehead atoms. The summed E-state index contributed by atoms with van der Waals surface area (Å²) in [5.41, 5.74) is 0.239. The van der Waals surface area contributed by atoms with Gasteiger partial charge >= 0.3 is 5.97 Å². The summed E-state index contributed by atoms with van der Waals surface area (Å²) >= 11 is 0.939. The smallest absolute Gasteiger partial charge is 0.323 e. The first kappa shape index (κ1) is 11.2. The highest BCUT2D eigenvalue weighted by Gasteiger charge is 2.14. The van der Waals surface area contributed by atoms with Crippen LogP contribution in [-0.4, -0.2) is 36.4 Å². The second-order valence-corrected chi connectivity index (χ2v) is 3.77. The molecule has 0 saturated heterocycles. The van der Waals surface area contributed by atoms with Crippen LogP contribution in [0.25, 0.3) is 0 Å². The van der Waals surface area contributed by atoms with Crippen molar-refractivity contribution in [3.8, 4) is 0 Å². The molecule has 0 aliphatic carbocycles. The maximum Gasteiger partial charge on any atom is 0.323 e. The summed E-state index contributed by atoms with van der Waals surface area (Å²) in [6, 6.07) is 3.11. The van der Waals surface area contributed by atoms with E-state index < -0.39 is 11.9 Å². The molecule has 0 radical (unpaired) electrons. The number of carboxylic acids is 1. The molecule has 2 heterocycles. The number of nitrogens with one attached hydrogen (secondary N) is 1. The molecule has 0 aliphatic heterocycles. The van der Waals surface area contributed by atoms with Crippen LogP contribution in [0.15, 0.2) is 18.3 Å². The van der Waals surface area contributed by atoms with E-state index >= 15 is 0 Å². The van der Waals surface area contributed by atoms with Crippen LogP contribution in [0.3, 0.4) is 0 Å². The number of rotatable bonds is 4. The lowest BCUT2D eigenvalue weighted by Crippen LogP contribution is -2.19. The fourth-order valence-corrected chi connectivity index (χ4v) is 1.61. The van der Waals surface area contributed by atoms with Gasteiger partial charge in [-0.3, -0.25) is 14.9 Å². The molecule has 2 aromatic heterocycles. The molecule has 9 heteroatoms. The summed E-state index contributed by atoms with van der Waals surface area (Å²) in [5.74, 6) is -1.47. The van der Waals surface area contributed by atoms with Gasteiger partial charge in [0.15, 0.2) is 0 Å². The van der Waals surface area contributed by atoms with E-state index in [0.29, 0.717) is 0 Å². The molecule has 0 fully saturated rings. The Bertz CT molecular complexity index is 535. The van der Waals surface area contributed by atoms with Crippen LogP contribution in [-0.2, 0) is 11.3 Å². The number of amides is 1. The van der Waals surface area contributed by atoms with Gasteiger partial charge in [-0.05, 0) is 17.3 Å². The summed E-state index contributed by atoms with van der Waals surface area (Å²) in [7, 11) is 0. The molecule has 0 atom stereocenters. The van der Waals surface area contributed by atoms with E-state index in [1.165, 1.54) is 16.8 Å². The van der Waals surface area contributed by atoms with Crippen LogP contribution in [0.5, 0.6) is 0 Å². The van der Waals surface area contributed by atoms with Crippen LogP contribution >= 0.6 is 11.5 Å². The van der Waals surface area contributed by atoms with E-state index in [-0.39, 0.29) is 17.4 Å². The van der Waals surface area contributed by atoms with E-state index in [1.54, 1.807) is 6.07 Å². The Morgan fingerprint density at radius 1 is 1.53 bits per heavy atom. The minimum absolute atomic E-state index is 0.239. The van der Waals surface area contributed by atoms with Crippen LogP contribution in [0, 0.1) is 0 Å². The highest BCUT2D eigenvalue weighted by atomic mass is 32.1. The molecule has 2 N–H and O–H groups in total. The van der Waals surface area contributed by atoms with Gasteiger partial charge in [0.25, 0.3) is 5.91 Å². The number of carbonyl (C=O) groups is 2. The summed E-state index contributed by atoms with van der Waals surface area (Å²) in [5, 5.41) is 18.3. The molecule has 2 rings (SSSR count). The topological polar surface area (TPSA) is 110 Å². The Morgan fingerprint density at radius 3 is 3.00 bits per heavy atom. The number of carboxylic acid groups (broad SMARTS) is 1. The van der Waals surface area contributed by atoms with E-state index in [2.05, 4.69) is 20.1 Å². The van der Waals surface area contributed by atoms with E-state index in [1.807, 2.05) is 0 Å². The first-order valence-electron chi connectivity index (χ1n) is 4.50. The zero-order valence-electron chi connectivity index (χ0n) is 8.40. The van der Waals surface area contributed by atoms with Gasteiger partial charge in [-0.1, -0.05) is 9.59 Å². The number of anilines is 1. The third-order valence-corrected chi connectivity index (χ3v) is 2.40. The summed E-state index contributed by atoms with van der Waals surface area (Å²) in [4.78, 5) is 22.3. The predicted molar refractivity (Wildman–Crippen MR) is 57.7 cm³/mol. The minimum Gasteiger partial charge on any atom is -0.480 e. The average molecular weight is 253 g/mol. The zero-order chi connectivity index (χ0) is 12.3. The maximum atomic E-state index is 11.8. The Labute approximate surface area is 99.0 Å². The van der Waals surface area contributed by atoms with Gasteiger partial charge in [0.1, 0.15) is 12.2 Å². The van der Waals surface area contributed by atoms with Gasteiger partial charge in [0.05, 0.1) is 0 Å². The molecule has 0 unspecified atom stereocenters. The van der Waals surface area contributed by atoms with Crippen molar-refractivity contribution in [3.63, 3.8) is 0 Å². The van der Waals surface area contributed by atoms with Crippen molar-refractivity contribution in [1.82, 2.24) is 19.4 Å². The molecule has 0 aromatic carbocycles. The fraction of sp³-hybridized carbons (Fsp3) is 0.125. The lowest BCUT2D eigenvalue weighted by atomic mass is 10.4. The molecule has 8 nitrogen and oxygen atoms in total. The predicted octanol–water partition coefficient (Wildman–Crippen LogP) is 0.0715. The molecule has 1 amide bonds. The molecule has 88 valence electrons. The van der Waals surface area contributed by atoms with Crippen LogP contribution in [0.1, 0.15) is 10.5 Å². The largest absolute Gasteiger partial charge is 0.480 e. The second kappa shape index (κ2) is 4.70. The van der Waals surface area contributed by atoms with Gasteiger partial charge < -0.3 is 9.67 Å². The van der Waals surface area contributed by atoms with Crippen LogP contribution < -0.4 is 5.32 Å². The molecular weight excluding hydrogens is 246 g/mol. The average Bonchev–Trinajstić information content (AvgIpc) is 2.87. The molecule has 0 spiro atoms. The second-order valence-electron chi connectivity index (χ2n) is 3.04. The van der Waals surface area contributed by atoms with Gasteiger partial charge in [-0.2, -0.15) is 0 Å². The summed E-state index contributed by atoms with van der Waals surface area (Å²) in [6.07, 6.45) is 1.52. The zero-order valence-corrected chi connectivity index (χ0v) is 9.22. The molecule has 2 aromatic rings. The molecular formula is C8H7N5O3S. The molecule has 0 saturated carbocycles. The quantitative estimate of drug-likeness (QED) is 0.797. The number of carbonyl (C=O) groups excluding carboxylic acids is 1. The monoisotopic (exact) mass is 253 g/mol. The van der Waals surface area contributed by atoms with Crippen molar-refractivity contribution in [2.75, 3.05) is 5.32 Å². The Morgan fingerprint density at radius 2 is 2.35 bits per heavy atom. The fourth-order valence-electron chi connectivity index (χ4n) is 1.25. The maximum absolute atomic E-state index is 11.8. The third-order valence-electron chi connectivity index (χ3n) is 1.89. The van der Waals surface area contributed by atoms with Gasteiger partial charge in [-0.15, -0.1) is 0 Å². The Hall–Kier alpha value is -2.29. The number of hydrogen-bond donors (Lipinski definition) is 2. The normalized spacial score (nSPS) is 10.1. The minimum atomic E-state index is -1.02. The van der Waals surface area contributed by atoms with Crippen molar-refractivity contribution in [2.24, 2.45) is 0 Å². The summed E-state index contributed by atoms with van der Waals surface area (Å²) < 4.78 is 4.82. The highest BCUT2D eigenvalue weighted by Crippen LogP contribution is 2.09. The summed E-state index contributed by atoms with van der Waals surface area (Å²) in [6.45, 7) is -0.274. The van der Waals surface area contributed by atoms with E-state index in [0.717, 1.165) is 11.5 Å². The third kappa shape index (κ3) is 2.64. The Kier molecular flexibility index (Phi) is 3.10. The van der Waals surface area contributed by atoms with E-state index in [4.69, 9.17) is 5.11 Å². The molecule has 17 heavy (non-hydrogen) atoms. The first-order valence-corrected chi connectivity index (χ1v) is 5.27. The van der Waals surface area contributed by atoms with Crippen LogP contribution in [0.4, 0.5) is 5.13 Å². The number of aromatic nitrogens is 4. The first-order chi connectivity index (χ1) is 8.16.